The van der Waals surface area contributed by atoms with Crippen LogP contribution in [0.1, 0.15) is 19.8 Å². The molecular formula is C13H24N2O4S. The van der Waals surface area contributed by atoms with Crippen LogP contribution in [0.5, 0.6) is 0 Å². The summed E-state index contributed by atoms with van der Waals surface area (Å²) in [4.78, 5) is 25.1. The normalized spacial score (nSPS) is 19.1. The van der Waals surface area contributed by atoms with Crippen LogP contribution in [0.25, 0.3) is 0 Å². The molecule has 0 saturated carbocycles. The maximum atomic E-state index is 12.0. The molecule has 1 fully saturated rings. The van der Waals surface area contributed by atoms with E-state index in [0.717, 1.165) is 5.75 Å². The standard InChI is InChI=1S/C13H24N2O4S/c1-10(8-20-3)15(2)12(18)14-9-13(11(16)17)4-6-19-7-5-13/h10H,4-9H2,1-3H3,(H,14,18)(H,16,17). The van der Waals surface area contributed by atoms with Crippen molar-refractivity contribution in [1.29, 1.82) is 0 Å². The largest absolute Gasteiger partial charge is 0.481 e. The zero-order valence-corrected chi connectivity index (χ0v) is 13.2. The van der Waals surface area contributed by atoms with Crippen LogP contribution < -0.4 is 5.32 Å². The quantitative estimate of drug-likeness (QED) is 0.772. The van der Waals surface area contributed by atoms with Crippen molar-refractivity contribution in [3.05, 3.63) is 0 Å². The van der Waals surface area contributed by atoms with E-state index in [1.54, 1.807) is 23.7 Å². The molecule has 1 unspecified atom stereocenters. The first-order valence-electron chi connectivity index (χ1n) is 6.73. The third-order valence-corrected chi connectivity index (χ3v) is 4.69. The van der Waals surface area contributed by atoms with Crippen molar-refractivity contribution in [2.24, 2.45) is 5.41 Å². The molecule has 0 aromatic rings. The number of amides is 2. The summed E-state index contributed by atoms with van der Waals surface area (Å²) in [6.45, 7) is 2.99. The molecule has 1 aliphatic heterocycles. The molecular weight excluding hydrogens is 280 g/mol. The average molecular weight is 304 g/mol. The van der Waals surface area contributed by atoms with E-state index in [0.29, 0.717) is 26.1 Å². The topological polar surface area (TPSA) is 78.9 Å². The number of carbonyl (C=O) groups is 2. The number of hydrogen-bond donors (Lipinski definition) is 2. The first-order chi connectivity index (χ1) is 9.43. The number of carbonyl (C=O) groups excluding carboxylic acids is 1. The van der Waals surface area contributed by atoms with Crippen LogP contribution in [0.3, 0.4) is 0 Å². The Kier molecular flexibility index (Phi) is 6.61. The molecule has 116 valence electrons. The summed E-state index contributed by atoms with van der Waals surface area (Å²) in [5.74, 6) is -0.0112. The van der Waals surface area contributed by atoms with Gasteiger partial charge in [0, 0.05) is 38.6 Å². The molecule has 0 radical (unpaired) electrons. The molecule has 0 aromatic heterocycles. The number of ether oxygens (including phenoxy) is 1. The highest BCUT2D eigenvalue weighted by Gasteiger charge is 2.40. The molecule has 0 aromatic carbocycles. The Morgan fingerprint density at radius 1 is 1.45 bits per heavy atom. The molecule has 7 heteroatoms. The molecule has 2 amide bonds. The number of thioether (sulfide) groups is 1. The summed E-state index contributed by atoms with van der Waals surface area (Å²) >= 11 is 1.67. The summed E-state index contributed by atoms with van der Waals surface area (Å²) in [5, 5.41) is 12.2. The molecule has 0 spiro atoms. The van der Waals surface area contributed by atoms with Crippen molar-refractivity contribution in [3.8, 4) is 0 Å². The van der Waals surface area contributed by atoms with E-state index in [4.69, 9.17) is 4.74 Å². The van der Waals surface area contributed by atoms with Crippen molar-refractivity contribution < 1.29 is 19.4 Å². The fourth-order valence-corrected chi connectivity index (χ4v) is 2.86. The van der Waals surface area contributed by atoms with Gasteiger partial charge in [-0.15, -0.1) is 0 Å². The molecule has 6 nitrogen and oxygen atoms in total. The van der Waals surface area contributed by atoms with Crippen molar-refractivity contribution in [1.82, 2.24) is 10.2 Å². The summed E-state index contributed by atoms with van der Waals surface area (Å²) in [7, 11) is 1.73. The Morgan fingerprint density at radius 2 is 2.05 bits per heavy atom. The van der Waals surface area contributed by atoms with E-state index in [1.165, 1.54) is 0 Å². The molecule has 1 heterocycles. The number of urea groups is 1. The van der Waals surface area contributed by atoms with Gasteiger partial charge < -0.3 is 20.1 Å². The van der Waals surface area contributed by atoms with Crippen molar-refractivity contribution in [2.75, 3.05) is 38.8 Å². The van der Waals surface area contributed by atoms with Crippen LogP contribution in [0, 0.1) is 5.41 Å². The number of aliphatic carboxylic acids is 1. The van der Waals surface area contributed by atoms with E-state index >= 15 is 0 Å². The Morgan fingerprint density at radius 3 is 2.55 bits per heavy atom. The van der Waals surface area contributed by atoms with Crippen molar-refractivity contribution >= 4 is 23.8 Å². The predicted octanol–water partition coefficient (Wildman–Crippen LogP) is 1.26. The number of carboxylic acids is 1. The first-order valence-corrected chi connectivity index (χ1v) is 8.13. The van der Waals surface area contributed by atoms with Crippen molar-refractivity contribution in [3.63, 3.8) is 0 Å². The van der Waals surface area contributed by atoms with Gasteiger partial charge >= 0.3 is 12.0 Å². The summed E-state index contributed by atoms with van der Waals surface area (Å²) in [6.07, 6.45) is 2.86. The summed E-state index contributed by atoms with van der Waals surface area (Å²) < 4.78 is 5.21. The van der Waals surface area contributed by atoms with Crippen LogP contribution in [-0.4, -0.2) is 66.9 Å². The third-order valence-electron chi connectivity index (χ3n) is 3.87. The van der Waals surface area contributed by atoms with Gasteiger partial charge in [-0.25, -0.2) is 4.79 Å². The Balaban J connectivity index is 2.55. The SMILES string of the molecule is CSCC(C)N(C)C(=O)NCC1(C(=O)O)CCOCC1. The summed E-state index contributed by atoms with van der Waals surface area (Å²) in [5.41, 5.74) is -0.891. The van der Waals surface area contributed by atoms with Gasteiger partial charge in [0.2, 0.25) is 0 Å². The van der Waals surface area contributed by atoms with Crippen LogP contribution in [0.15, 0.2) is 0 Å². The van der Waals surface area contributed by atoms with E-state index in [-0.39, 0.29) is 18.6 Å². The van der Waals surface area contributed by atoms with E-state index < -0.39 is 11.4 Å². The lowest BCUT2D eigenvalue weighted by molar-refractivity contribution is -0.154. The molecule has 1 rings (SSSR count). The second-order valence-electron chi connectivity index (χ2n) is 5.27. The molecule has 1 aliphatic rings. The monoisotopic (exact) mass is 304 g/mol. The molecule has 2 N–H and O–H groups in total. The van der Waals surface area contributed by atoms with E-state index in [1.807, 2.05) is 13.2 Å². The first kappa shape index (κ1) is 17.1. The molecule has 20 heavy (non-hydrogen) atoms. The lowest BCUT2D eigenvalue weighted by atomic mass is 9.80. The minimum absolute atomic E-state index is 0.112. The maximum absolute atomic E-state index is 12.0. The lowest BCUT2D eigenvalue weighted by Crippen LogP contribution is -2.50. The van der Waals surface area contributed by atoms with Crippen LogP contribution in [-0.2, 0) is 9.53 Å². The number of nitrogens with zero attached hydrogens (tertiary/aromatic N) is 1. The Labute approximate surface area is 124 Å². The van der Waals surface area contributed by atoms with Gasteiger partial charge in [-0.1, -0.05) is 0 Å². The predicted molar refractivity (Wildman–Crippen MR) is 79.1 cm³/mol. The lowest BCUT2D eigenvalue weighted by Gasteiger charge is -2.34. The minimum Gasteiger partial charge on any atom is -0.481 e. The second-order valence-corrected chi connectivity index (χ2v) is 6.18. The van der Waals surface area contributed by atoms with Crippen LogP contribution in [0.2, 0.25) is 0 Å². The van der Waals surface area contributed by atoms with Gasteiger partial charge in [0.15, 0.2) is 0 Å². The number of hydrogen-bond acceptors (Lipinski definition) is 4. The fraction of sp³-hybridized carbons (Fsp3) is 0.846. The van der Waals surface area contributed by atoms with Gasteiger partial charge in [0.1, 0.15) is 0 Å². The third kappa shape index (κ3) is 4.28. The Hall–Kier alpha value is -0.950. The molecule has 1 saturated heterocycles. The second kappa shape index (κ2) is 7.73. The van der Waals surface area contributed by atoms with Gasteiger partial charge in [0.05, 0.1) is 5.41 Å². The van der Waals surface area contributed by atoms with Gasteiger partial charge in [-0.05, 0) is 26.0 Å². The number of carboxylic acid groups (broad SMARTS) is 1. The number of nitrogens with one attached hydrogen (secondary N) is 1. The zero-order chi connectivity index (χ0) is 15.2. The maximum Gasteiger partial charge on any atom is 0.317 e. The Bertz CT molecular complexity index is 345. The van der Waals surface area contributed by atoms with Gasteiger partial charge in [-0.3, -0.25) is 4.79 Å². The smallest absolute Gasteiger partial charge is 0.317 e. The van der Waals surface area contributed by atoms with E-state index in [2.05, 4.69) is 5.32 Å². The highest BCUT2D eigenvalue weighted by Crippen LogP contribution is 2.30. The highest BCUT2D eigenvalue weighted by molar-refractivity contribution is 7.98. The van der Waals surface area contributed by atoms with Crippen LogP contribution in [0.4, 0.5) is 4.79 Å². The van der Waals surface area contributed by atoms with Gasteiger partial charge in [-0.2, -0.15) is 11.8 Å². The molecule has 0 bridgehead atoms. The van der Waals surface area contributed by atoms with Crippen molar-refractivity contribution in [2.45, 2.75) is 25.8 Å². The van der Waals surface area contributed by atoms with Gasteiger partial charge in [0.25, 0.3) is 0 Å². The molecule has 1 atom stereocenters. The van der Waals surface area contributed by atoms with E-state index in [9.17, 15) is 14.7 Å². The average Bonchev–Trinajstić information content (AvgIpc) is 2.45. The molecule has 0 aliphatic carbocycles. The fourth-order valence-electron chi connectivity index (χ4n) is 2.15. The minimum atomic E-state index is -0.891. The van der Waals surface area contributed by atoms with Crippen LogP contribution >= 0.6 is 11.8 Å². The number of rotatable bonds is 6. The zero-order valence-electron chi connectivity index (χ0n) is 12.3. The highest BCUT2D eigenvalue weighted by atomic mass is 32.2. The summed E-state index contributed by atoms with van der Waals surface area (Å²) in [6, 6.07) is -0.112.